The highest BCUT2D eigenvalue weighted by molar-refractivity contribution is 6.42. The van der Waals surface area contributed by atoms with E-state index < -0.39 is 12.1 Å². The van der Waals surface area contributed by atoms with Crippen molar-refractivity contribution >= 4 is 41.5 Å². The van der Waals surface area contributed by atoms with Crippen molar-refractivity contribution in [1.82, 2.24) is 9.80 Å². The molecule has 188 valence electrons. The Balaban J connectivity index is 1.77. The summed E-state index contributed by atoms with van der Waals surface area (Å²) < 4.78 is 0. The van der Waals surface area contributed by atoms with Gasteiger partial charge in [-0.1, -0.05) is 78.9 Å². The number of carbonyl (C=O) groups is 3. The Morgan fingerprint density at radius 3 is 2.29 bits per heavy atom. The lowest BCUT2D eigenvalue weighted by Gasteiger charge is -2.34. The summed E-state index contributed by atoms with van der Waals surface area (Å²) in [7, 11) is 0. The summed E-state index contributed by atoms with van der Waals surface area (Å²) in [6.07, 6.45) is 5.60. The van der Waals surface area contributed by atoms with Crippen LogP contribution in [0.5, 0.6) is 0 Å². The van der Waals surface area contributed by atoms with Crippen LogP contribution < -0.4 is 0 Å². The first kappa shape index (κ1) is 27.0. The van der Waals surface area contributed by atoms with Crippen LogP contribution in [0.3, 0.4) is 0 Å². The van der Waals surface area contributed by atoms with Crippen molar-refractivity contribution in [3.05, 3.63) is 69.7 Å². The number of halogens is 2. The zero-order valence-electron chi connectivity index (χ0n) is 19.7. The van der Waals surface area contributed by atoms with Gasteiger partial charge < -0.3 is 19.7 Å². The molecule has 2 aromatic carbocycles. The molecule has 0 bridgehead atoms. The number of hydrogen-bond donors (Lipinski definition) is 1. The zero-order valence-corrected chi connectivity index (χ0v) is 21.3. The first-order chi connectivity index (χ1) is 16.9. The molecule has 0 aliphatic heterocycles. The fourth-order valence-electron chi connectivity index (χ4n) is 4.84. The second kappa shape index (κ2) is 13.5. The molecule has 1 aliphatic carbocycles. The maximum atomic E-state index is 13.1. The van der Waals surface area contributed by atoms with Gasteiger partial charge in [0, 0.05) is 25.0 Å². The van der Waals surface area contributed by atoms with Crippen LogP contribution in [-0.4, -0.2) is 58.4 Å². The molecule has 8 heteroatoms. The van der Waals surface area contributed by atoms with Gasteiger partial charge in [-0.2, -0.15) is 0 Å². The standard InChI is InChI=1S/C27H32Cl2N2O4/c28-24-12-11-21(19-25(24)29)18-23(17-20-7-3-1-4-8-20)31(27(34)35)14-13-26(33)30(15-16-32)22-9-5-2-6-10-22/h1,3-4,7-8,11-12,16,19,22-23H,2,5-6,9-10,13-15,17-18H2,(H,34,35). The molecular formula is C27H32Cl2N2O4. The van der Waals surface area contributed by atoms with Crippen molar-refractivity contribution in [1.29, 1.82) is 0 Å². The van der Waals surface area contributed by atoms with Crippen LogP contribution >= 0.6 is 23.2 Å². The molecule has 1 atom stereocenters. The minimum atomic E-state index is -1.08. The molecule has 2 aromatic rings. The van der Waals surface area contributed by atoms with Crippen molar-refractivity contribution in [3.8, 4) is 0 Å². The smallest absolute Gasteiger partial charge is 0.407 e. The third-order valence-corrected chi connectivity index (χ3v) is 7.37. The zero-order chi connectivity index (χ0) is 25.2. The number of nitrogens with zero attached hydrogens (tertiary/aromatic N) is 2. The minimum absolute atomic E-state index is 0.0311. The van der Waals surface area contributed by atoms with Gasteiger partial charge in [-0.15, -0.1) is 0 Å². The normalized spacial score (nSPS) is 14.8. The predicted octanol–water partition coefficient (Wildman–Crippen LogP) is 5.88. The lowest BCUT2D eigenvalue weighted by Crippen LogP contribution is -2.47. The molecule has 0 spiro atoms. The van der Waals surface area contributed by atoms with Gasteiger partial charge in [0.25, 0.3) is 0 Å². The number of amides is 2. The Hall–Kier alpha value is -2.57. The summed E-state index contributed by atoms with van der Waals surface area (Å²) >= 11 is 12.3. The Kier molecular flexibility index (Phi) is 10.4. The van der Waals surface area contributed by atoms with E-state index in [1.165, 1.54) is 4.90 Å². The maximum absolute atomic E-state index is 13.1. The fourth-order valence-corrected chi connectivity index (χ4v) is 5.16. The van der Waals surface area contributed by atoms with E-state index in [1.54, 1.807) is 17.0 Å². The van der Waals surface area contributed by atoms with Crippen molar-refractivity contribution in [2.75, 3.05) is 13.1 Å². The molecule has 1 aliphatic rings. The highest BCUT2D eigenvalue weighted by atomic mass is 35.5. The average molecular weight is 519 g/mol. The van der Waals surface area contributed by atoms with Crippen molar-refractivity contribution in [3.63, 3.8) is 0 Å². The molecule has 2 amide bonds. The van der Waals surface area contributed by atoms with Gasteiger partial charge in [0.2, 0.25) is 5.91 Å². The molecule has 6 nitrogen and oxygen atoms in total. The van der Waals surface area contributed by atoms with Gasteiger partial charge in [0.1, 0.15) is 6.29 Å². The van der Waals surface area contributed by atoms with E-state index in [2.05, 4.69) is 0 Å². The number of rotatable bonds is 11. The largest absolute Gasteiger partial charge is 0.465 e. The highest BCUT2D eigenvalue weighted by Gasteiger charge is 2.28. The van der Waals surface area contributed by atoms with Crippen LogP contribution in [0, 0.1) is 0 Å². The van der Waals surface area contributed by atoms with E-state index in [0.717, 1.165) is 49.5 Å². The van der Waals surface area contributed by atoms with Crippen molar-refractivity contribution < 1.29 is 19.5 Å². The van der Waals surface area contributed by atoms with Crippen molar-refractivity contribution in [2.45, 2.75) is 63.5 Å². The SMILES string of the molecule is O=CCN(C(=O)CCN(C(=O)O)C(Cc1ccccc1)Cc1ccc(Cl)c(Cl)c1)C1CCCCC1. The van der Waals surface area contributed by atoms with E-state index in [4.69, 9.17) is 23.2 Å². The van der Waals surface area contributed by atoms with E-state index in [9.17, 15) is 19.5 Å². The average Bonchev–Trinajstić information content (AvgIpc) is 2.85. The van der Waals surface area contributed by atoms with E-state index >= 15 is 0 Å². The third kappa shape index (κ3) is 7.97. The van der Waals surface area contributed by atoms with Gasteiger partial charge in [0.05, 0.1) is 16.6 Å². The van der Waals surface area contributed by atoms with Crippen LogP contribution in [0.4, 0.5) is 4.79 Å². The summed E-state index contributed by atoms with van der Waals surface area (Å²) in [6, 6.07) is 14.6. The highest BCUT2D eigenvalue weighted by Crippen LogP contribution is 2.26. The molecule has 1 N–H and O–H groups in total. The number of carboxylic acid groups (broad SMARTS) is 1. The Morgan fingerprint density at radius 2 is 1.66 bits per heavy atom. The fraction of sp³-hybridized carbons (Fsp3) is 0.444. The molecule has 0 saturated heterocycles. The van der Waals surface area contributed by atoms with Crippen LogP contribution in [0.1, 0.15) is 49.7 Å². The first-order valence-corrected chi connectivity index (χ1v) is 12.8. The number of carbonyl (C=O) groups excluding carboxylic acids is 2. The van der Waals surface area contributed by atoms with Gasteiger partial charge in [0.15, 0.2) is 0 Å². The van der Waals surface area contributed by atoms with Gasteiger partial charge in [-0.3, -0.25) is 4.79 Å². The molecule has 0 heterocycles. The molecule has 3 rings (SSSR count). The monoisotopic (exact) mass is 518 g/mol. The quantitative estimate of drug-likeness (QED) is 0.377. The Bertz CT molecular complexity index is 996. The van der Waals surface area contributed by atoms with Crippen molar-refractivity contribution in [2.24, 2.45) is 0 Å². The van der Waals surface area contributed by atoms with Gasteiger partial charge in [-0.05, 0) is 48.9 Å². The van der Waals surface area contributed by atoms with E-state index in [1.807, 2.05) is 36.4 Å². The van der Waals surface area contributed by atoms with E-state index in [-0.39, 0.29) is 31.5 Å². The van der Waals surface area contributed by atoms with Crippen LogP contribution in [0.15, 0.2) is 48.5 Å². The first-order valence-electron chi connectivity index (χ1n) is 12.1. The summed E-state index contributed by atoms with van der Waals surface area (Å²) in [4.78, 5) is 39.7. The molecule has 35 heavy (non-hydrogen) atoms. The molecule has 1 unspecified atom stereocenters. The Morgan fingerprint density at radius 1 is 0.971 bits per heavy atom. The lowest BCUT2D eigenvalue weighted by atomic mass is 9.94. The second-order valence-electron chi connectivity index (χ2n) is 9.03. The van der Waals surface area contributed by atoms with Gasteiger partial charge in [-0.25, -0.2) is 4.79 Å². The Labute approximate surface area is 216 Å². The number of hydrogen-bond acceptors (Lipinski definition) is 3. The van der Waals surface area contributed by atoms with Crippen LogP contribution in [0.2, 0.25) is 10.0 Å². The molecule has 0 radical (unpaired) electrons. The third-order valence-electron chi connectivity index (χ3n) is 6.63. The molecule has 0 aromatic heterocycles. The maximum Gasteiger partial charge on any atom is 0.407 e. The van der Waals surface area contributed by atoms with E-state index in [0.29, 0.717) is 22.9 Å². The topological polar surface area (TPSA) is 77.9 Å². The summed E-state index contributed by atoms with van der Waals surface area (Å²) in [5.41, 5.74) is 1.86. The molecular weight excluding hydrogens is 487 g/mol. The molecule has 1 fully saturated rings. The second-order valence-corrected chi connectivity index (χ2v) is 9.84. The summed E-state index contributed by atoms with van der Waals surface area (Å²) in [5.74, 6) is -0.178. The minimum Gasteiger partial charge on any atom is -0.465 e. The molecule has 1 saturated carbocycles. The number of benzene rings is 2. The van der Waals surface area contributed by atoms with Gasteiger partial charge >= 0.3 is 6.09 Å². The van der Waals surface area contributed by atoms with Crippen LogP contribution in [-0.2, 0) is 22.4 Å². The summed E-state index contributed by atoms with van der Waals surface area (Å²) in [5, 5.41) is 11.0. The number of aldehydes is 1. The lowest BCUT2D eigenvalue weighted by molar-refractivity contribution is -0.136. The predicted molar refractivity (Wildman–Crippen MR) is 138 cm³/mol. The summed E-state index contributed by atoms with van der Waals surface area (Å²) in [6.45, 7) is 0.0996. The van der Waals surface area contributed by atoms with Crippen LogP contribution in [0.25, 0.3) is 0 Å².